The van der Waals surface area contributed by atoms with Crippen molar-refractivity contribution >= 4 is 37.9 Å². The first-order chi connectivity index (χ1) is 6.48. The van der Waals surface area contributed by atoms with Gasteiger partial charge in [-0.15, -0.1) is 22.7 Å². The summed E-state index contributed by atoms with van der Waals surface area (Å²) in [6.07, 6.45) is 0. The molecule has 74 valence electrons. The van der Waals surface area contributed by atoms with E-state index in [0.29, 0.717) is 0 Å². The van der Waals surface area contributed by atoms with Gasteiger partial charge in [0, 0.05) is 14.8 Å². The fourth-order valence-electron chi connectivity index (χ4n) is 1.25. The highest BCUT2D eigenvalue weighted by Crippen LogP contribution is 2.33. The summed E-state index contributed by atoms with van der Waals surface area (Å²) in [7, 11) is 0. The Kier molecular flexibility index (Phi) is 2.24. The van der Waals surface area contributed by atoms with E-state index in [4.69, 9.17) is 0 Å². The van der Waals surface area contributed by atoms with Crippen LogP contribution in [0.25, 0.3) is 9.40 Å². The molecule has 0 aliphatic rings. The molecule has 0 saturated heterocycles. The summed E-state index contributed by atoms with van der Waals surface area (Å²) >= 11 is 3.29. The zero-order chi connectivity index (χ0) is 10.3. The van der Waals surface area contributed by atoms with Gasteiger partial charge in [0.1, 0.15) is 0 Å². The van der Waals surface area contributed by atoms with Gasteiger partial charge in [0.15, 0.2) is 5.78 Å². The van der Waals surface area contributed by atoms with Crippen LogP contribution in [0.15, 0.2) is 17.5 Å². The van der Waals surface area contributed by atoms with Crippen LogP contribution in [0.1, 0.15) is 30.4 Å². The van der Waals surface area contributed by atoms with Crippen molar-refractivity contribution in [2.45, 2.75) is 20.8 Å². The Labute approximate surface area is 91.4 Å². The van der Waals surface area contributed by atoms with Crippen molar-refractivity contribution in [3.05, 3.63) is 22.4 Å². The predicted octanol–water partition coefficient (Wildman–Crippen LogP) is 4.19. The molecule has 2 aromatic rings. The third-order valence-electron chi connectivity index (χ3n) is 2.04. The van der Waals surface area contributed by atoms with Crippen LogP contribution in [0.3, 0.4) is 0 Å². The molecule has 0 radical (unpaired) electrons. The number of rotatable bonds is 1. The molecule has 1 nitrogen and oxygen atoms in total. The second kappa shape index (κ2) is 3.17. The molecule has 0 unspecified atom stereocenters. The number of Topliss-reactive ketones (excluding diaryl/α,β-unsaturated/α-hetero) is 1. The molecule has 0 bridgehead atoms. The van der Waals surface area contributed by atoms with Crippen LogP contribution in [0.4, 0.5) is 0 Å². The molecule has 2 heterocycles. The lowest BCUT2D eigenvalue weighted by Gasteiger charge is -2.14. The Morgan fingerprint density at radius 3 is 2.57 bits per heavy atom. The summed E-state index contributed by atoms with van der Waals surface area (Å²) in [6, 6.07) is 4.09. The Morgan fingerprint density at radius 2 is 2.00 bits per heavy atom. The molecule has 0 aliphatic heterocycles. The van der Waals surface area contributed by atoms with Crippen LogP contribution < -0.4 is 0 Å². The van der Waals surface area contributed by atoms with Crippen LogP contribution in [-0.2, 0) is 0 Å². The largest absolute Gasteiger partial charge is 0.293 e. The van der Waals surface area contributed by atoms with Gasteiger partial charge in [-0.3, -0.25) is 4.79 Å². The summed E-state index contributed by atoms with van der Waals surface area (Å²) in [4.78, 5) is 12.8. The van der Waals surface area contributed by atoms with Crippen LogP contribution in [0.5, 0.6) is 0 Å². The molecule has 0 fully saturated rings. The quantitative estimate of drug-likeness (QED) is 0.664. The molecule has 0 spiro atoms. The SMILES string of the molecule is CC(C)(C)C(=O)c1cc2sccc2s1. The van der Waals surface area contributed by atoms with Gasteiger partial charge >= 0.3 is 0 Å². The number of thiophene rings is 2. The fraction of sp³-hybridized carbons (Fsp3) is 0.364. The van der Waals surface area contributed by atoms with Crippen molar-refractivity contribution in [3.63, 3.8) is 0 Å². The maximum atomic E-state index is 11.9. The van der Waals surface area contributed by atoms with Gasteiger partial charge in [-0.1, -0.05) is 20.8 Å². The van der Waals surface area contributed by atoms with Crippen molar-refractivity contribution in [2.24, 2.45) is 5.41 Å². The van der Waals surface area contributed by atoms with E-state index in [1.807, 2.05) is 26.8 Å². The Balaban J connectivity index is 2.45. The van der Waals surface area contributed by atoms with E-state index in [9.17, 15) is 4.79 Å². The highest BCUT2D eigenvalue weighted by molar-refractivity contribution is 7.27. The molecule has 3 heteroatoms. The first-order valence-corrected chi connectivity index (χ1v) is 6.20. The molecule has 0 aliphatic carbocycles. The van der Waals surface area contributed by atoms with Crippen LogP contribution in [0, 0.1) is 5.41 Å². The van der Waals surface area contributed by atoms with E-state index in [0.717, 1.165) is 4.88 Å². The first-order valence-electron chi connectivity index (χ1n) is 4.50. The minimum Gasteiger partial charge on any atom is -0.293 e. The minimum absolute atomic E-state index is 0.242. The van der Waals surface area contributed by atoms with Crippen molar-refractivity contribution in [1.29, 1.82) is 0 Å². The molecule has 0 amide bonds. The Bertz CT molecular complexity index is 442. The van der Waals surface area contributed by atoms with Crippen LogP contribution in [-0.4, -0.2) is 5.78 Å². The van der Waals surface area contributed by atoms with E-state index in [1.165, 1.54) is 9.40 Å². The molecule has 2 aromatic heterocycles. The zero-order valence-electron chi connectivity index (χ0n) is 8.46. The number of hydrogen-bond acceptors (Lipinski definition) is 3. The maximum absolute atomic E-state index is 11.9. The number of carbonyl (C=O) groups is 1. The van der Waals surface area contributed by atoms with Crippen molar-refractivity contribution < 1.29 is 4.79 Å². The van der Waals surface area contributed by atoms with Gasteiger partial charge in [-0.25, -0.2) is 0 Å². The molecule has 2 rings (SSSR count). The summed E-state index contributed by atoms with van der Waals surface area (Å²) in [6.45, 7) is 5.88. The molecule has 0 saturated carbocycles. The van der Waals surface area contributed by atoms with E-state index in [1.54, 1.807) is 22.7 Å². The minimum atomic E-state index is -0.271. The van der Waals surface area contributed by atoms with Gasteiger partial charge in [-0.2, -0.15) is 0 Å². The molecule has 14 heavy (non-hydrogen) atoms. The molecular weight excluding hydrogens is 212 g/mol. The molecule has 0 aromatic carbocycles. The third kappa shape index (κ3) is 1.62. The topological polar surface area (TPSA) is 17.1 Å². The van der Waals surface area contributed by atoms with Gasteiger partial charge in [0.2, 0.25) is 0 Å². The van der Waals surface area contributed by atoms with Gasteiger partial charge < -0.3 is 0 Å². The highest BCUT2D eigenvalue weighted by atomic mass is 32.1. The van der Waals surface area contributed by atoms with Crippen molar-refractivity contribution in [2.75, 3.05) is 0 Å². The van der Waals surface area contributed by atoms with E-state index in [2.05, 4.69) is 11.4 Å². The smallest absolute Gasteiger partial charge is 0.178 e. The summed E-state index contributed by atoms with van der Waals surface area (Å²) in [5, 5.41) is 2.06. The third-order valence-corrected chi connectivity index (χ3v) is 4.14. The number of ketones is 1. The lowest BCUT2D eigenvalue weighted by atomic mass is 9.90. The highest BCUT2D eigenvalue weighted by Gasteiger charge is 2.24. The van der Waals surface area contributed by atoms with Crippen molar-refractivity contribution in [3.8, 4) is 0 Å². The summed E-state index contributed by atoms with van der Waals surface area (Å²) < 4.78 is 2.45. The Hall–Kier alpha value is -0.670. The average Bonchev–Trinajstić information content (AvgIpc) is 2.58. The predicted molar refractivity (Wildman–Crippen MR) is 63.5 cm³/mol. The number of fused-ring (bicyclic) bond motifs is 1. The summed E-state index contributed by atoms with van der Waals surface area (Å²) in [5.74, 6) is 0.242. The fourth-order valence-corrected chi connectivity index (χ4v) is 3.51. The average molecular weight is 224 g/mol. The normalized spacial score (nSPS) is 12.2. The van der Waals surface area contributed by atoms with Crippen molar-refractivity contribution in [1.82, 2.24) is 0 Å². The van der Waals surface area contributed by atoms with Gasteiger partial charge in [0.25, 0.3) is 0 Å². The lowest BCUT2D eigenvalue weighted by molar-refractivity contribution is 0.0863. The van der Waals surface area contributed by atoms with E-state index >= 15 is 0 Å². The first kappa shape index (κ1) is 9.87. The lowest BCUT2D eigenvalue weighted by Crippen LogP contribution is -2.18. The second-order valence-electron chi connectivity index (χ2n) is 4.34. The number of hydrogen-bond donors (Lipinski definition) is 0. The zero-order valence-corrected chi connectivity index (χ0v) is 10.1. The number of carbonyl (C=O) groups excluding carboxylic acids is 1. The molecular formula is C11H12OS2. The van der Waals surface area contributed by atoms with Crippen LogP contribution in [0.2, 0.25) is 0 Å². The Morgan fingerprint density at radius 1 is 1.29 bits per heavy atom. The van der Waals surface area contributed by atoms with Gasteiger partial charge in [0.05, 0.1) is 4.88 Å². The maximum Gasteiger partial charge on any atom is 0.178 e. The van der Waals surface area contributed by atoms with E-state index < -0.39 is 0 Å². The molecule has 0 N–H and O–H groups in total. The second-order valence-corrected chi connectivity index (χ2v) is 6.37. The van der Waals surface area contributed by atoms with Crippen LogP contribution >= 0.6 is 22.7 Å². The van der Waals surface area contributed by atoms with Gasteiger partial charge in [-0.05, 0) is 17.5 Å². The molecule has 0 atom stereocenters. The monoisotopic (exact) mass is 224 g/mol. The van der Waals surface area contributed by atoms with E-state index in [-0.39, 0.29) is 11.2 Å². The summed E-state index contributed by atoms with van der Waals surface area (Å²) in [5.41, 5.74) is -0.271. The standard InChI is InChI=1S/C11H12OS2/c1-11(2,3)10(12)9-6-8-7(14-9)4-5-13-8/h4-6H,1-3H3.